The Hall–Kier alpha value is -3.00. The highest BCUT2D eigenvalue weighted by Crippen LogP contribution is 2.17. The SMILES string of the molecule is Cc1ccc(SCC(=O)NNC(=O)CCNC(=O)N(C)Cc2ccccc2)cc1. The smallest absolute Gasteiger partial charge is 0.317 e. The molecule has 2 aromatic rings. The third kappa shape index (κ3) is 8.69. The van der Waals surface area contributed by atoms with E-state index in [-0.39, 0.29) is 36.6 Å². The number of rotatable bonds is 8. The third-order valence-corrected chi connectivity index (χ3v) is 4.98. The molecule has 0 heterocycles. The summed E-state index contributed by atoms with van der Waals surface area (Å²) < 4.78 is 0. The fraction of sp³-hybridized carbons (Fsp3) is 0.286. The fourth-order valence-electron chi connectivity index (χ4n) is 2.37. The van der Waals surface area contributed by atoms with Crippen molar-refractivity contribution in [3.05, 3.63) is 65.7 Å². The second-order valence-corrected chi connectivity index (χ2v) is 7.57. The molecular formula is C21H26N4O3S. The molecule has 2 aromatic carbocycles. The molecule has 7 nitrogen and oxygen atoms in total. The predicted octanol–water partition coefficient (Wildman–Crippen LogP) is 2.47. The van der Waals surface area contributed by atoms with Crippen molar-refractivity contribution >= 4 is 29.6 Å². The Kier molecular flexibility index (Phi) is 9.04. The summed E-state index contributed by atoms with van der Waals surface area (Å²) in [5.41, 5.74) is 6.91. The minimum Gasteiger partial charge on any atom is -0.337 e. The molecule has 154 valence electrons. The van der Waals surface area contributed by atoms with Crippen molar-refractivity contribution in [2.24, 2.45) is 0 Å². The summed E-state index contributed by atoms with van der Waals surface area (Å²) in [4.78, 5) is 38.2. The molecule has 0 saturated carbocycles. The van der Waals surface area contributed by atoms with Gasteiger partial charge < -0.3 is 10.2 Å². The number of hydrogen-bond acceptors (Lipinski definition) is 4. The third-order valence-electron chi connectivity index (χ3n) is 3.97. The van der Waals surface area contributed by atoms with Crippen LogP contribution in [0.25, 0.3) is 0 Å². The molecule has 0 aliphatic rings. The summed E-state index contributed by atoms with van der Waals surface area (Å²) in [6.45, 7) is 2.66. The van der Waals surface area contributed by atoms with Gasteiger partial charge in [-0.3, -0.25) is 20.4 Å². The fourth-order valence-corrected chi connectivity index (χ4v) is 3.07. The summed E-state index contributed by atoms with van der Waals surface area (Å²) in [7, 11) is 1.69. The maximum absolute atomic E-state index is 12.0. The molecule has 3 N–H and O–H groups in total. The number of hydrogen-bond donors (Lipinski definition) is 3. The molecule has 2 rings (SSSR count). The molecule has 29 heavy (non-hydrogen) atoms. The van der Waals surface area contributed by atoms with Crippen LogP contribution in [0.15, 0.2) is 59.5 Å². The van der Waals surface area contributed by atoms with Crippen LogP contribution in [0.2, 0.25) is 0 Å². The van der Waals surface area contributed by atoms with Gasteiger partial charge >= 0.3 is 6.03 Å². The zero-order valence-electron chi connectivity index (χ0n) is 16.6. The van der Waals surface area contributed by atoms with Crippen LogP contribution in [0.1, 0.15) is 17.5 Å². The van der Waals surface area contributed by atoms with E-state index in [2.05, 4.69) is 16.2 Å². The minimum atomic E-state index is -0.371. The van der Waals surface area contributed by atoms with Gasteiger partial charge in [0.1, 0.15) is 0 Å². The Balaban J connectivity index is 1.58. The lowest BCUT2D eigenvalue weighted by Gasteiger charge is -2.18. The second kappa shape index (κ2) is 11.8. The summed E-state index contributed by atoms with van der Waals surface area (Å²) >= 11 is 1.39. The number of nitrogens with one attached hydrogen (secondary N) is 3. The van der Waals surface area contributed by atoms with Gasteiger partial charge in [0.2, 0.25) is 11.8 Å². The molecule has 0 atom stereocenters. The molecule has 0 aliphatic heterocycles. The van der Waals surface area contributed by atoms with E-state index in [0.717, 1.165) is 16.0 Å². The normalized spacial score (nSPS) is 10.1. The lowest BCUT2D eigenvalue weighted by Crippen LogP contribution is -2.44. The number of urea groups is 1. The van der Waals surface area contributed by atoms with Crippen molar-refractivity contribution in [2.75, 3.05) is 19.3 Å². The van der Waals surface area contributed by atoms with E-state index in [1.165, 1.54) is 16.7 Å². The highest BCUT2D eigenvalue weighted by atomic mass is 32.2. The lowest BCUT2D eigenvalue weighted by atomic mass is 10.2. The lowest BCUT2D eigenvalue weighted by molar-refractivity contribution is -0.127. The highest BCUT2D eigenvalue weighted by Gasteiger charge is 2.10. The first-order valence-electron chi connectivity index (χ1n) is 9.24. The minimum absolute atomic E-state index is 0.0658. The van der Waals surface area contributed by atoms with Gasteiger partial charge in [-0.1, -0.05) is 48.0 Å². The van der Waals surface area contributed by atoms with Crippen LogP contribution >= 0.6 is 11.8 Å². The molecule has 0 bridgehead atoms. The van der Waals surface area contributed by atoms with Crippen LogP contribution in [0.3, 0.4) is 0 Å². The molecular weight excluding hydrogens is 388 g/mol. The van der Waals surface area contributed by atoms with Crippen LogP contribution < -0.4 is 16.2 Å². The van der Waals surface area contributed by atoms with Gasteiger partial charge in [0, 0.05) is 31.5 Å². The van der Waals surface area contributed by atoms with Crippen molar-refractivity contribution in [3.8, 4) is 0 Å². The van der Waals surface area contributed by atoms with Crippen LogP contribution in [-0.4, -0.2) is 42.1 Å². The molecule has 0 saturated heterocycles. The molecule has 0 radical (unpaired) electrons. The summed E-state index contributed by atoms with van der Waals surface area (Å²) in [6, 6.07) is 17.2. The Morgan fingerprint density at radius 2 is 1.59 bits per heavy atom. The Morgan fingerprint density at radius 3 is 2.28 bits per heavy atom. The van der Waals surface area contributed by atoms with Crippen molar-refractivity contribution in [1.29, 1.82) is 0 Å². The van der Waals surface area contributed by atoms with Crippen molar-refractivity contribution in [1.82, 2.24) is 21.1 Å². The van der Waals surface area contributed by atoms with Gasteiger partial charge in [0.05, 0.1) is 5.75 Å². The second-order valence-electron chi connectivity index (χ2n) is 6.52. The number of carbonyl (C=O) groups excluding carboxylic acids is 3. The maximum atomic E-state index is 12.0. The molecule has 4 amide bonds. The van der Waals surface area contributed by atoms with E-state index in [4.69, 9.17) is 0 Å². The first kappa shape index (κ1) is 22.3. The van der Waals surface area contributed by atoms with E-state index < -0.39 is 0 Å². The molecule has 0 spiro atoms. The van der Waals surface area contributed by atoms with Crippen LogP contribution in [0.5, 0.6) is 0 Å². The van der Waals surface area contributed by atoms with Crippen LogP contribution in [-0.2, 0) is 16.1 Å². The van der Waals surface area contributed by atoms with E-state index in [1.54, 1.807) is 7.05 Å². The first-order chi connectivity index (χ1) is 13.9. The van der Waals surface area contributed by atoms with Crippen molar-refractivity contribution in [3.63, 3.8) is 0 Å². The maximum Gasteiger partial charge on any atom is 0.317 e. The predicted molar refractivity (Wildman–Crippen MR) is 114 cm³/mol. The average molecular weight is 415 g/mol. The molecule has 0 aromatic heterocycles. The number of nitrogens with zero attached hydrogens (tertiary/aromatic N) is 1. The van der Waals surface area contributed by atoms with Gasteiger partial charge in [-0.05, 0) is 24.6 Å². The monoisotopic (exact) mass is 414 g/mol. The van der Waals surface area contributed by atoms with Crippen LogP contribution in [0, 0.1) is 6.92 Å². The first-order valence-corrected chi connectivity index (χ1v) is 10.2. The number of carbonyl (C=O) groups is 3. The number of thioether (sulfide) groups is 1. The number of benzene rings is 2. The van der Waals surface area contributed by atoms with Gasteiger partial charge in [-0.25, -0.2) is 4.79 Å². The molecule has 0 fully saturated rings. The van der Waals surface area contributed by atoms with Crippen LogP contribution in [0.4, 0.5) is 4.79 Å². The van der Waals surface area contributed by atoms with Gasteiger partial charge in [0.15, 0.2) is 0 Å². The quantitative estimate of drug-likeness (QED) is 0.457. The largest absolute Gasteiger partial charge is 0.337 e. The zero-order chi connectivity index (χ0) is 21.1. The van der Waals surface area contributed by atoms with Crippen molar-refractivity contribution in [2.45, 2.75) is 24.8 Å². The van der Waals surface area contributed by atoms with Gasteiger partial charge in [0.25, 0.3) is 0 Å². The Bertz CT molecular complexity index is 812. The number of aryl methyl sites for hydroxylation is 1. The Morgan fingerprint density at radius 1 is 0.931 bits per heavy atom. The average Bonchev–Trinajstić information content (AvgIpc) is 2.72. The summed E-state index contributed by atoms with van der Waals surface area (Å²) in [5, 5.41) is 2.68. The van der Waals surface area contributed by atoms with Gasteiger partial charge in [-0.15, -0.1) is 11.8 Å². The molecule has 0 unspecified atom stereocenters. The zero-order valence-corrected chi connectivity index (χ0v) is 17.4. The van der Waals surface area contributed by atoms with E-state index in [0.29, 0.717) is 6.54 Å². The van der Waals surface area contributed by atoms with E-state index in [1.807, 2.05) is 61.5 Å². The van der Waals surface area contributed by atoms with Crippen molar-refractivity contribution < 1.29 is 14.4 Å². The standard InChI is InChI=1S/C21H26N4O3S/c1-16-8-10-18(11-9-16)29-15-20(27)24-23-19(26)12-13-22-21(28)25(2)14-17-6-4-3-5-7-17/h3-11H,12-15H2,1-2H3,(H,22,28)(H,23,26)(H,24,27). The van der Waals surface area contributed by atoms with E-state index in [9.17, 15) is 14.4 Å². The summed E-state index contributed by atoms with van der Waals surface area (Å²) in [5.74, 6) is -0.468. The van der Waals surface area contributed by atoms with E-state index >= 15 is 0 Å². The highest BCUT2D eigenvalue weighted by molar-refractivity contribution is 8.00. The molecule has 0 aliphatic carbocycles. The Labute approximate surface area is 175 Å². The molecule has 8 heteroatoms. The topological polar surface area (TPSA) is 90.5 Å². The summed E-state index contributed by atoms with van der Waals surface area (Å²) in [6.07, 6.45) is 0.0658. The van der Waals surface area contributed by atoms with Gasteiger partial charge in [-0.2, -0.15) is 0 Å². The number of hydrazine groups is 1. The number of amides is 4.